The summed E-state index contributed by atoms with van der Waals surface area (Å²) >= 11 is 0. The van der Waals surface area contributed by atoms with Crippen LogP contribution in [0.3, 0.4) is 0 Å². The molecule has 4 rings (SSSR count). The van der Waals surface area contributed by atoms with Crippen molar-refractivity contribution < 1.29 is 4.74 Å². The van der Waals surface area contributed by atoms with Crippen molar-refractivity contribution in [3.05, 3.63) is 101 Å². The fourth-order valence-corrected chi connectivity index (χ4v) is 3.74. The third-order valence-corrected chi connectivity index (χ3v) is 5.48. The van der Waals surface area contributed by atoms with Crippen LogP contribution in [0.25, 0.3) is 11.1 Å². The average Bonchev–Trinajstić information content (AvgIpc) is 2.85. The second-order valence-corrected chi connectivity index (χ2v) is 7.98. The molecule has 0 atom stereocenters. The predicted molar refractivity (Wildman–Crippen MR) is 134 cm³/mol. The van der Waals surface area contributed by atoms with Crippen molar-refractivity contribution in [3.63, 3.8) is 0 Å². The van der Waals surface area contributed by atoms with Gasteiger partial charge in [0.05, 0.1) is 30.5 Å². The zero-order chi connectivity index (χ0) is 23.9. The Morgan fingerprint density at radius 3 is 2.24 bits per heavy atom. The maximum absolute atomic E-state index is 8.97. The molecule has 0 saturated carbocycles. The number of nitrogens with two attached hydrogens (primary N) is 2. The highest BCUT2D eigenvalue weighted by atomic mass is 16.5. The molecule has 1 heterocycles. The second-order valence-electron chi connectivity index (χ2n) is 7.98. The van der Waals surface area contributed by atoms with E-state index in [4.69, 9.17) is 21.5 Å². The van der Waals surface area contributed by atoms with Gasteiger partial charge in [-0.25, -0.2) is 4.98 Å². The molecule has 34 heavy (non-hydrogen) atoms. The second kappa shape index (κ2) is 10.5. The zero-order valence-electron chi connectivity index (χ0n) is 19.0. The lowest BCUT2D eigenvalue weighted by Gasteiger charge is -2.20. The summed E-state index contributed by atoms with van der Waals surface area (Å²) < 4.78 is 5.89. The molecule has 0 radical (unpaired) electrons. The summed E-state index contributed by atoms with van der Waals surface area (Å²) in [5, 5.41) is 8.97. The van der Waals surface area contributed by atoms with Gasteiger partial charge in [0.1, 0.15) is 5.82 Å². The van der Waals surface area contributed by atoms with Crippen LogP contribution in [0, 0.1) is 11.3 Å². The van der Waals surface area contributed by atoms with E-state index in [2.05, 4.69) is 20.9 Å². The summed E-state index contributed by atoms with van der Waals surface area (Å²) in [5.41, 5.74) is 18.3. The number of hydrogen-bond acceptors (Lipinski definition) is 7. The van der Waals surface area contributed by atoms with E-state index in [1.54, 1.807) is 0 Å². The molecule has 1 aromatic heterocycles. The maximum atomic E-state index is 8.97. The van der Waals surface area contributed by atoms with Crippen LogP contribution in [0.2, 0.25) is 0 Å². The van der Waals surface area contributed by atoms with Crippen molar-refractivity contribution >= 4 is 17.5 Å². The van der Waals surface area contributed by atoms with Crippen LogP contribution in [0.15, 0.2) is 78.9 Å². The molecule has 170 valence electrons. The highest BCUT2D eigenvalue weighted by molar-refractivity contribution is 5.77. The Hall–Kier alpha value is -4.41. The normalized spacial score (nSPS) is 10.6. The minimum absolute atomic E-state index is 0.123. The van der Waals surface area contributed by atoms with E-state index >= 15 is 0 Å². The Balaban J connectivity index is 1.50. The number of anilines is 3. The molecule has 4 N–H and O–H groups in total. The van der Waals surface area contributed by atoms with Gasteiger partial charge in [-0.15, -0.1) is 0 Å². The van der Waals surface area contributed by atoms with Crippen LogP contribution in [-0.2, 0) is 24.5 Å². The van der Waals surface area contributed by atoms with Crippen molar-refractivity contribution in [2.24, 2.45) is 0 Å². The number of nitrogen functional groups attached to an aromatic ring is 2. The third-order valence-electron chi connectivity index (χ3n) is 5.48. The van der Waals surface area contributed by atoms with E-state index in [1.165, 1.54) is 0 Å². The SMILES string of the molecule is CN(Cc1ccc(C#N)cc1)c1ccc(-c2c(N)nc(N)nc2COCc2ccccc2)cc1. The monoisotopic (exact) mass is 450 g/mol. The lowest BCUT2D eigenvalue weighted by atomic mass is 10.0. The topological polar surface area (TPSA) is 114 Å². The van der Waals surface area contributed by atoms with Crippen LogP contribution >= 0.6 is 0 Å². The van der Waals surface area contributed by atoms with Crippen LogP contribution in [0.4, 0.5) is 17.5 Å². The predicted octanol–water partition coefficient (Wildman–Crippen LogP) is 4.53. The maximum Gasteiger partial charge on any atom is 0.222 e. The number of aromatic nitrogens is 2. The van der Waals surface area contributed by atoms with E-state index in [1.807, 2.05) is 85.9 Å². The molecule has 7 nitrogen and oxygen atoms in total. The first kappa shape index (κ1) is 22.8. The zero-order valence-corrected chi connectivity index (χ0v) is 19.0. The molecule has 3 aromatic carbocycles. The lowest BCUT2D eigenvalue weighted by Crippen LogP contribution is -2.16. The van der Waals surface area contributed by atoms with Crippen molar-refractivity contribution in [3.8, 4) is 17.2 Å². The van der Waals surface area contributed by atoms with Crippen molar-refractivity contribution in [2.75, 3.05) is 23.4 Å². The molecule has 0 fully saturated rings. The molecule has 0 aliphatic carbocycles. The summed E-state index contributed by atoms with van der Waals surface area (Å²) in [6.45, 7) is 1.45. The Morgan fingerprint density at radius 2 is 1.56 bits per heavy atom. The first-order valence-electron chi connectivity index (χ1n) is 10.9. The molecule has 0 aliphatic rings. The Morgan fingerprint density at radius 1 is 0.853 bits per heavy atom. The highest BCUT2D eigenvalue weighted by Gasteiger charge is 2.15. The van der Waals surface area contributed by atoms with Crippen molar-refractivity contribution in [1.29, 1.82) is 5.26 Å². The first-order chi connectivity index (χ1) is 16.5. The Bertz CT molecular complexity index is 1280. The van der Waals surface area contributed by atoms with Crippen LogP contribution < -0.4 is 16.4 Å². The van der Waals surface area contributed by atoms with Crippen molar-refractivity contribution in [2.45, 2.75) is 19.8 Å². The van der Waals surface area contributed by atoms with Gasteiger partial charge in [0.15, 0.2) is 0 Å². The van der Waals surface area contributed by atoms with Crippen LogP contribution in [-0.4, -0.2) is 17.0 Å². The van der Waals surface area contributed by atoms with Crippen LogP contribution in [0.5, 0.6) is 0 Å². The lowest BCUT2D eigenvalue weighted by molar-refractivity contribution is 0.105. The number of rotatable bonds is 8. The number of nitrogens with zero attached hydrogens (tertiary/aromatic N) is 4. The molecule has 0 aliphatic heterocycles. The molecule has 0 saturated heterocycles. The molecule has 0 spiro atoms. The van der Waals surface area contributed by atoms with E-state index in [9.17, 15) is 0 Å². The molecule has 7 heteroatoms. The minimum atomic E-state index is 0.123. The van der Waals surface area contributed by atoms with Gasteiger partial charge < -0.3 is 21.1 Å². The molecular formula is C27H26N6O. The van der Waals surface area contributed by atoms with Gasteiger partial charge in [-0.1, -0.05) is 54.6 Å². The number of nitriles is 1. The van der Waals surface area contributed by atoms with Gasteiger partial charge in [-0.3, -0.25) is 0 Å². The van der Waals surface area contributed by atoms with E-state index in [0.717, 1.165) is 34.5 Å². The quantitative estimate of drug-likeness (QED) is 0.405. The van der Waals surface area contributed by atoms with Crippen LogP contribution in [0.1, 0.15) is 22.4 Å². The van der Waals surface area contributed by atoms with Gasteiger partial charge >= 0.3 is 0 Å². The van der Waals surface area contributed by atoms with Gasteiger partial charge in [0.2, 0.25) is 5.95 Å². The van der Waals surface area contributed by atoms with Gasteiger partial charge in [-0.2, -0.15) is 10.2 Å². The third kappa shape index (κ3) is 5.49. The smallest absolute Gasteiger partial charge is 0.222 e. The number of benzene rings is 3. The summed E-state index contributed by atoms with van der Waals surface area (Å²) in [6, 6.07) is 27.7. The largest absolute Gasteiger partial charge is 0.383 e. The van der Waals surface area contributed by atoms with Gasteiger partial charge in [-0.05, 0) is 41.0 Å². The van der Waals surface area contributed by atoms with Gasteiger partial charge in [0, 0.05) is 24.8 Å². The molecule has 0 unspecified atom stereocenters. The molecule has 4 aromatic rings. The Kier molecular flexibility index (Phi) is 7.01. The molecule has 0 bridgehead atoms. The summed E-state index contributed by atoms with van der Waals surface area (Å²) in [4.78, 5) is 10.7. The Labute approximate surface area is 199 Å². The first-order valence-corrected chi connectivity index (χ1v) is 10.9. The molecular weight excluding hydrogens is 424 g/mol. The number of hydrogen-bond donors (Lipinski definition) is 2. The van der Waals surface area contributed by atoms with E-state index in [-0.39, 0.29) is 12.6 Å². The summed E-state index contributed by atoms with van der Waals surface area (Å²) in [5.74, 6) is 0.447. The highest BCUT2D eigenvalue weighted by Crippen LogP contribution is 2.30. The summed E-state index contributed by atoms with van der Waals surface area (Å²) in [7, 11) is 2.02. The molecule has 0 amide bonds. The van der Waals surface area contributed by atoms with E-state index < -0.39 is 0 Å². The van der Waals surface area contributed by atoms with Gasteiger partial charge in [0.25, 0.3) is 0 Å². The minimum Gasteiger partial charge on any atom is -0.383 e. The summed E-state index contributed by atoms with van der Waals surface area (Å²) in [6.07, 6.45) is 0. The van der Waals surface area contributed by atoms with E-state index in [0.29, 0.717) is 23.7 Å². The van der Waals surface area contributed by atoms with Crippen molar-refractivity contribution in [1.82, 2.24) is 9.97 Å². The fraction of sp³-hybridized carbons (Fsp3) is 0.148. The standard InChI is InChI=1S/C27H26N6O/c1-33(16-20-9-7-19(15-28)8-10-20)23-13-11-22(12-14-23)25-24(31-27(30)32-26(25)29)18-34-17-21-5-3-2-4-6-21/h2-14H,16-18H2,1H3,(H4,29,30,31,32). The fourth-order valence-electron chi connectivity index (χ4n) is 3.74. The number of ether oxygens (including phenoxy) is 1. The average molecular weight is 451 g/mol.